The van der Waals surface area contributed by atoms with Crippen LogP contribution in [0.4, 0.5) is 0 Å². The van der Waals surface area contributed by atoms with E-state index in [1.165, 1.54) is 6.07 Å². The molecule has 1 N–H and O–H groups in total. The van der Waals surface area contributed by atoms with Crippen LogP contribution in [0.25, 0.3) is 11.2 Å². The fraction of sp³-hybridized carbons (Fsp3) is 0.400. The number of fused-ring (bicyclic) bond motifs is 1. The molecule has 0 spiro atoms. The number of imidazole rings is 1. The first-order valence-electron chi connectivity index (χ1n) is 13.6. The van der Waals surface area contributed by atoms with Crippen LogP contribution in [-0.4, -0.2) is 49.4 Å². The molecule has 1 aliphatic heterocycles. The van der Waals surface area contributed by atoms with Crippen molar-refractivity contribution in [1.29, 1.82) is 0 Å². The maximum Gasteiger partial charge on any atom is 0.354 e. The maximum atomic E-state index is 11.5. The number of aromatic nitrogens is 4. The van der Waals surface area contributed by atoms with Gasteiger partial charge >= 0.3 is 5.97 Å². The van der Waals surface area contributed by atoms with Crippen LogP contribution in [0, 0.1) is 5.92 Å². The number of halogens is 1. The monoisotopic (exact) mass is 546 g/mol. The molecular formula is C30H31ClN4O4. The van der Waals surface area contributed by atoms with Gasteiger partial charge in [-0.25, -0.2) is 19.7 Å². The van der Waals surface area contributed by atoms with Crippen molar-refractivity contribution < 1.29 is 19.4 Å². The van der Waals surface area contributed by atoms with Crippen LogP contribution in [-0.2, 0) is 24.1 Å². The van der Waals surface area contributed by atoms with Crippen molar-refractivity contribution in [1.82, 2.24) is 19.5 Å². The largest absolute Gasteiger partial charge is 0.477 e. The first-order valence-corrected chi connectivity index (χ1v) is 14.0. The van der Waals surface area contributed by atoms with E-state index in [-0.39, 0.29) is 17.9 Å². The second kappa shape index (κ2) is 11.3. The third-order valence-corrected chi connectivity index (χ3v) is 7.95. The predicted molar refractivity (Wildman–Crippen MR) is 147 cm³/mol. The highest BCUT2D eigenvalue weighted by Gasteiger charge is 2.27. The van der Waals surface area contributed by atoms with Crippen LogP contribution in [0.2, 0.25) is 5.02 Å². The van der Waals surface area contributed by atoms with E-state index < -0.39 is 5.97 Å². The van der Waals surface area contributed by atoms with Crippen molar-refractivity contribution in [3.8, 4) is 5.88 Å². The average molecular weight is 547 g/mol. The Bertz CT molecular complexity index is 1460. The Morgan fingerprint density at radius 2 is 1.79 bits per heavy atom. The Morgan fingerprint density at radius 3 is 2.51 bits per heavy atom. The highest BCUT2D eigenvalue weighted by atomic mass is 35.5. The summed E-state index contributed by atoms with van der Waals surface area (Å²) in [6.45, 7) is 1.42. The van der Waals surface area contributed by atoms with Gasteiger partial charge in [0.2, 0.25) is 5.88 Å². The molecule has 8 nitrogen and oxygen atoms in total. The van der Waals surface area contributed by atoms with Crippen LogP contribution in [0.3, 0.4) is 0 Å². The molecule has 1 saturated heterocycles. The van der Waals surface area contributed by atoms with Crippen LogP contribution in [0.15, 0.2) is 54.6 Å². The number of nitrogens with zero attached hydrogens (tertiary/aromatic N) is 4. The Balaban J connectivity index is 1.09. The summed E-state index contributed by atoms with van der Waals surface area (Å²) in [4.78, 5) is 25.5. The molecule has 1 saturated carbocycles. The van der Waals surface area contributed by atoms with Crippen molar-refractivity contribution >= 4 is 28.7 Å². The number of carbonyl (C=O) groups is 1. The number of aromatic carboxylic acids is 1. The van der Waals surface area contributed by atoms with Gasteiger partial charge in [0.05, 0.1) is 12.6 Å². The third-order valence-electron chi connectivity index (χ3n) is 7.70. The number of carboxylic acids is 1. The topological polar surface area (TPSA) is 99.4 Å². The minimum absolute atomic E-state index is 0.0354. The summed E-state index contributed by atoms with van der Waals surface area (Å²) in [6, 6.07) is 17.1. The van der Waals surface area contributed by atoms with E-state index in [1.807, 2.05) is 42.5 Å². The maximum absolute atomic E-state index is 11.5. The predicted octanol–water partition coefficient (Wildman–Crippen LogP) is 5.74. The van der Waals surface area contributed by atoms with Gasteiger partial charge < -0.3 is 19.1 Å². The molecule has 39 heavy (non-hydrogen) atoms. The molecule has 1 aliphatic carbocycles. The van der Waals surface area contributed by atoms with E-state index in [4.69, 9.17) is 31.0 Å². The SMILES string of the molecule is O=C(O)c1ccc2nc(CC3CCC(Oc4cccc(Cc5ccc(Cl)cc5)n4)CC3)n(C[C@@H]3CCO3)c2n1. The highest BCUT2D eigenvalue weighted by Crippen LogP contribution is 2.31. The number of hydrogen-bond donors (Lipinski definition) is 1. The van der Waals surface area contributed by atoms with E-state index in [0.29, 0.717) is 24.0 Å². The summed E-state index contributed by atoms with van der Waals surface area (Å²) in [5.74, 6) is 1.07. The Labute approximate surface area is 232 Å². The van der Waals surface area contributed by atoms with E-state index in [0.717, 1.165) is 79.2 Å². The lowest BCUT2D eigenvalue weighted by molar-refractivity contribution is -0.0591. The molecule has 2 aliphatic rings. The summed E-state index contributed by atoms with van der Waals surface area (Å²) in [6.07, 6.45) is 6.81. The average Bonchev–Trinajstić information content (AvgIpc) is 3.25. The normalized spacial score (nSPS) is 21.0. The molecule has 0 amide bonds. The van der Waals surface area contributed by atoms with Crippen molar-refractivity contribution in [3.63, 3.8) is 0 Å². The van der Waals surface area contributed by atoms with Gasteiger partial charge in [-0.15, -0.1) is 0 Å². The summed E-state index contributed by atoms with van der Waals surface area (Å²) in [5, 5.41) is 10.2. The quantitative estimate of drug-likeness (QED) is 0.286. The molecule has 9 heteroatoms. The van der Waals surface area contributed by atoms with E-state index in [2.05, 4.69) is 9.55 Å². The molecule has 3 aromatic heterocycles. The molecule has 1 atom stereocenters. The number of ether oxygens (including phenoxy) is 2. The van der Waals surface area contributed by atoms with E-state index >= 15 is 0 Å². The van der Waals surface area contributed by atoms with Crippen LogP contribution in [0.5, 0.6) is 5.88 Å². The Morgan fingerprint density at radius 1 is 1.00 bits per heavy atom. The van der Waals surface area contributed by atoms with Gasteiger partial charge in [-0.05, 0) is 73.9 Å². The minimum Gasteiger partial charge on any atom is -0.477 e. The van der Waals surface area contributed by atoms with Crippen LogP contribution >= 0.6 is 11.6 Å². The fourth-order valence-corrected chi connectivity index (χ4v) is 5.59. The summed E-state index contributed by atoms with van der Waals surface area (Å²) in [5.41, 5.74) is 3.53. The zero-order valence-electron chi connectivity index (χ0n) is 21.6. The minimum atomic E-state index is -1.03. The lowest BCUT2D eigenvalue weighted by Gasteiger charge is -2.30. The van der Waals surface area contributed by atoms with Gasteiger partial charge in [0, 0.05) is 36.2 Å². The van der Waals surface area contributed by atoms with Gasteiger partial charge in [-0.2, -0.15) is 0 Å². The molecule has 0 radical (unpaired) electrons. The number of benzene rings is 1. The lowest BCUT2D eigenvalue weighted by atomic mass is 9.85. The van der Waals surface area contributed by atoms with Gasteiger partial charge in [0.1, 0.15) is 17.4 Å². The zero-order valence-corrected chi connectivity index (χ0v) is 22.4. The molecular weight excluding hydrogens is 516 g/mol. The van der Waals surface area contributed by atoms with E-state index in [1.54, 1.807) is 6.07 Å². The zero-order chi connectivity index (χ0) is 26.8. The first kappa shape index (κ1) is 25.8. The molecule has 1 aromatic carbocycles. The third kappa shape index (κ3) is 6.07. The molecule has 4 aromatic rings. The van der Waals surface area contributed by atoms with Gasteiger partial charge in [0.15, 0.2) is 11.3 Å². The summed E-state index contributed by atoms with van der Waals surface area (Å²) in [7, 11) is 0. The molecule has 2 fully saturated rings. The standard InChI is InChI=1S/C30H31ClN4O4/c31-21-8-4-19(5-9-21)16-22-2-1-3-28(32-22)39-23-10-6-20(7-11-23)17-27-33-25-12-13-26(30(36)37)34-29(25)35(27)18-24-14-15-38-24/h1-5,8-9,12-13,20,23-24H,6-7,10-11,14-18H2,(H,36,37)/t20?,23?,24-/m0/s1. The Hall–Kier alpha value is -3.49. The molecule has 0 bridgehead atoms. The van der Waals surface area contributed by atoms with Crippen LogP contribution in [0.1, 0.15) is 59.7 Å². The van der Waals surface area contributed by atoms with Crippen molar-refractivity contribution in [2.45, 2.75) is 63.7 Å². The second-order valence-corrected chi connectivity index (χ2v) is 10.9. The second-order valence-electron chi connectivity index (χ2n) is 10.5. The number of rotatable bonds is 9. The van der Waals surface area contributed by atoms with Gasteiger partial charge in [-0.1, -0.05) is 29.8 Å². The smallest absolute Gasteiger partial charge is 0.354 e. The van der Waals surface area contributed by atoms with E-state index in [9.17, 15) is 9.90 Å². The fourth-order valence-electron chi connectivity index (χ4n) is 5.46. The van der Waals surface area contributed by atoms with Crippen LogP contribution < -0.4 is 4.74 Å². The number of carboxylic acid groups (broad SMARTS) is 1. The van der Waals surface area contributed by atoms with Gasteiger partial charge in [-0.3, -0.25) is 0 Å². The first-order chi connectivity index (χ1) is 19.0. The summed E-state index contributed by atoms with van der Waals surface area (Å²) >= 11 is 6.01. The van der Waals surface area contributed by atoms with Gasteiger partial charge in [0.25, 0.3) is 0 Å². The highest BCUT2D eigenvalue weighted by molar-refractivity contribution is 6.30. The molecule has 202 valence electrons. The lowest BCUT2D eigenvalue weighted by Crippen LogP contribution is -2.32. The number of pyridine rings is 2. The summed E-state index contributed by atoms with van der Waals surface area (Å²) < 4.78 is 14.0. The van der Waals surface area contributed by atoms with Crippen molar-refractivity contribution in [2.75, 3.05) is 6.61 Å². The number of hydrogen-bond acceptors (Lipinski definition) is 6. The Kier molecular flexibility index (Phi) is 7.48. The molecule has 4 heterocycles. The molecule has 6 rings (SSSR count). The molecule has 0 unspecified atom stereocenters. The van der Waals surface area contributed by atoms with Crippen molar-refractivity contribution in [2.24, 2.45) is 5.92 Å². The van der Waals surface area contributed by atoms with Crippen molar-refractivity contribution in [3.05, 3.63) is 82.4 Å².